The Balaban J connectivity index is 2.08. The highest BCUT2D eigenvalue weighted by Gasteiger charge is 2.30. The average Bonchev–Trinajstić information content (AvgIpc) is 3.03. The summed E-state index contributed by atoms with van der Waals surface area (Å²) in [6, 6.07) is 13.6. The molecule has 2 aromatic rings. The second-order valence-corrected chi connectivity index (χ2v) is 15.0. The number of likely N-dealkylation sites (N-methyl/N-ethyl adjacent to an activating group) is 1. The molecule has 0 saturated carbocycles. The van der Waals surface area contributed by atoms with E-state index in [1.807, 2.05) is 57.4 Å². The smallest absolute Gasteiger partial charge is 0.408 e. The third kappa shape index (κ3) is 16.0. The molecule has 0 heterocycles. The number of amides is 5. The van der Waals surface area contributed by atoms with Gasteiger partial charge in [0.05, 0.1) is 6.54 Å². The van der Waals surface area contributed by atoms with E-state index in [0.717, 1.165) is 23.3 Å². The van der Waals surface area contributed by atoms with Gasteiger partial charge in [-0.2, -0.15) is 11.8 Å². The van der Waals surface area contributed by atoms with Gasteiger partial charge in [0.25, 0.3) is 0 Å². The second kappa shape index (κ2) is 19.8. The van der Waals surface area contributed by atoms with Crippen LogP contribution in [0.4, 0.5) is 4.79 Å². The van der Waals surface area contributed by atoms with Crippen molar-refractivity contribution in [1.82, 2.24) is 26.2 Å². The number of nitrogens with one attached hydrogen (secondary N) is 4. The molecule has 0 aromatic heterocycles. The number of thioether (sulfide) groups is 1. The average molecular weight is 714 g/mol. The van der Waals surface area contributed by atoms with Crippen molar-refractivity contribution < 1.29 is 33.4 Å². The van der Waals surface area contributed by atoms with E-state index in [2.05, 4.69) is 21.3 Å². The summed E-state index contributed by atoms with van der Waals surface area (Å²) in [7, 11) is 1.53. The Hall–Kier alpha value is -4.26. The van der Waals surface area contributed by atoms with Crippen molar-refractivity contribution in [2.75, 3.05) is 32.1 Å². The van der Waals surface area contributed by atoms with Crippen LogP contribution in [0.2, 0.25) is 0 Å². The van der Waals surface area contributed by atoms with Crippen LogP contribution >= 0.6 is 11.8 Å². The van der Waals surface area contributed by atoms with Gasteiger partial charge < -0.3 is 35.6 Å². The number of ether oxygens (including phenoxy) is 2. The molecule has 0 aliphatic carbocycles. The number of carbonyl (C=O) groups excluding carboxylic acids is 5. The molecule has 2 rings (SSSR count). The molecule has 0 fully saturated rings. The Kier molecular flexibility index (Phi) is 16.6. The number of alkyl carbamates (subject to hydrolysis) is 1. The molecule has 13 heteroatoms. The predicted molar refractivity (Wildman–Crippen MR) is 197 cm³/mol. The molecule has 12 nitrogen and oxygen atoms in total. The monoisotopic (exact) mass is 713 g/mol. The number of hydrogen-bond acceptors (Lipinski definition) is 8. The summed E-state index contributed by atoms with van der Waals surface area (Å²) in [5, 5.41) is 10.7. The predicted octanol–water partition coefficient (Wildman–Crippen LogP) is 3.86. The van der Waals surface area contributed by atoms with Gasteiger partial charge in [0, 0.05) is 26.4 Å². The highest BCUT2D eigenvalue weighted by Crippen LogP contribution is 2.19. The third-order valence-electron chi connectivity index (χ3n) is 7.22. The Morgan fingerprint density at radius 1 is 0.780 bits per heavy atom. The van der Waals surface area contributed by atoms with E-state index in [1.54, 1.807) is 56.8 Å². The summed E-state index contributed by atoms with van der Waals surface area (Å²) < 4.78 is 11.3. The Morgan fingerprint density at radius 2 is 1.40 bits per heavy atom. The maximum Gasteiger partial charge on any atom is 0.408 e. The van der Waals surface area contributed by atoms with Crippen LogP contribution in [-0.4, -0.2) is 96.1 Å². The lowest BCUT2D eigenvalue weighted by atomic mass is 10.0. The summed E-state index contributed by atoms with van der Waals surface area (Å²) in [6.45, 7) is 12.5. The van der Waals surface area contributed by atoms with Crippen LogP contribution in [0.3, 0.4) is 0 Å². The van der Waals surface area contributed by atoms with Gasteiger partial charge in [-0.25, -0.2) is 4.79 Å². The fourth-order valence-electron chi connectivity index (χ4n) is 4.72. The zero-order valence-electron chi connectivity index (χ0n) is 30.9. The number of nitrogens with zero attached hydrogens (tertiary/aromatic N) is 1. The Labute approximate surface area is 301 Å². The molecular weight excluding hydrogens is 659 g/mol. The third-order valence-corrected chi connectivity index (χ3v) is 7.92. The number of carbonyl (C=O) groups is 5. The van der Waals surface area contributed by atoms with Crippen LogP contribution in [0.15, 0.2) is 54.6 Å². The van der Waals surface area contributed by atoms with E-state index in [9.17, 15) is 24.0 Å². The largest absolute Gasteiger partial charge is 0.488 e. The summed E-state index contributed by atoms with van der Waals surface area (Å²) in [5.74, 6) is -0.417. The Bertz CT molecular complexity index is 1410. The maximum atomic E-state index is 13.4. The van der Waals surface area contributed by atoms with Crippen molar-refractivity contribution in [3.8, 4) is 5.75 Å². The van der Waals surface area contributed by atoms with Crippen molar-refractivity contribution in [2.24, 2.45) is 0 Å². The SMILES string of the molecule is CSCCCNC(=O)[C@H](Cc1ccccc1)N(C)C(=O)CNC(=O)[C@@H](C)NC(=O)[C@H](Cc1ccc(OC(C)(C)C)cc1)NC(=O)OC(C)(C)C. The molecule has 0 bridgehead atoms. The van der Waals surface area contributed by atoms with Gasteiger partial charge in [0.2, 0.25) is 23.6 Å². The van der Waals surface area contributed by atoms with Crippen molar-refractivity contribution in [3.63, 3.8) is 0 Å². The molecule has 0 aliphatic heterocycles. The summed E-state index contributed by atoms with van der Waals surface area (Å²) in [6.07, 6.45) is 2.43. The number of hydrogen-bond donors (Lipinski definition) is 4. The lowest BCUT2D eigenvalue weighted by molar-refractivity contribution is -0.139. The highest BCUT2D eigenvalue weighted by molar-refractivity contribution is 7.98. The first-order valence-corrected chi connectivity index (χ1v) is 18.2. The summed E-state index contributed by atoms with van der Waals surface area (Å²) in [5.41, 5.74) is 0.455. The Morgan fingerprint density at radius 3 is 1.98 bits per heavy atom. The molecular formula is C37H55N5O7S. The van der Waals surface area contributed by atoms with E-state index in [1.165, 1.54) is 18.9 Å². The molecule has 5 amide bonds. The van der Waals surface area contributed by atoms with E-state index in [4.69, 9.17) is 9.47 Å². The van der Waals surface area contributed by atoms with Crippen LogP contribution in [-0.2, 0) is 36.8 Å². The summed E-state index contributed by atoms with van der Waals surface area (Å²) in [4.78, 5) is 66.8. The quantitative estimate of drug-likeness (QED) is 0.180. The maximum absolute atomic E-state index is 13.4. The zero-order valence-corrected chi connectivity index (χ0v) is 31.7. The van der Waals surface area contributed by atoms with Gasteiger partial charge >= 0.3 is 6.09 Å². The van der Waals surface area contributed by atoms with Crippen molar-refractivity contribution in [2.45, 2.75) is 97.1 Å². The van der Waals surface area contributed by atoms with Gasteiger partial charge in [0.15, 0.2) is 0 Å². The first kappa shape index (κ1) is 41.9. The lowest BCUT2D eigenvalue weighted by Gasteiger charge is -2.28. The fourth-order valence-corrected chi connectivity index (χ4v) is 5.16. The van der Waals surface area contributed by atoms with Crippen LogP contribution in [0.1, 0.15) is 66.0 Å². The van der Waals surface area contributed by atoms with Gasteiger partial charge in [-0.05, 0) is 90.2 Å². The molecule has 0 saturated heterocycles. The molecule has 0 aliphatic rings. The highest BCUT2D eigenvalue weighted by atomic mass is 32.2. The van der Waals surface area contributed by atoms with E-state index in [0.29, 0.717) is 18.7 Å². The first-order valence-electron chi connectivity index (χ1n) is 16.8. The van der Waals surface area contributed by atoms with E-state index in [-0.39, 0.29) is 24.5 Å². The van der Waals surface area contributed by atoms with Crippen molar-refractivity contribution >= 4 is 41.5 Å². The minimum atomic E-state index is -1.07. The van der Waals surface area contributed by atoms with Gasteiger partial charge in [-0.3, -0.25) is 19.2 Å². The van der Waals surface area contributed by atoms with Crippen molar-refractivity contribution in [1.29, 1.82) is 0 Å². The topological polar surface area (TPSA) is 155 Å². The molecule has 50 heavy (non-hydrogen) atoms. The van der Waals surface area contributed by atoms with Crippen molar-refractivity contribution in [3.05, 3.63) is 65.7 Å². The molecule has 0 unspecified atom stereocenters. The zero-order chi connectivity index (χ0) is 37.5. The summed E-state index contributed by atoms with van der Waals surface area (Å²) >= 11 is 1.69. The first-order chi connectivity index (χ1) is 23.4. The van der Waals surface area contributed by atoms with Crippen LogP contribution < -0.4 is 26.0 Å². The molecule has 3 atom stereocenters. The van der Waals surface area contributed by atoms with E-state index >= 15 is 0 Å². The minimum absolute atomic E-state index is 0.112. The van der Waals surface area contributed by atoms with Gasteiger partial charge in [0.1, 0.15) is 35.1 Å². The molecule has 4 N–H and O–H groups in total. The number of rotatable bonds is 17. The molecule has 0 radical (unpaired) electrons. The molecule has 276 valence electrons. The molecule has 0 spiro atoms. The standard InChI is InChI=1S/C37H55N5O7S/c1-25(32(44)39-24-31(43)42(8)30(23-26-14-11-10-12-15-26)34(46)38-20-13-21-50-9)40-33(45)29(41-35(47)49-37(5,6)7)22-27-16-18-28(19-17-27)48-36(2,3)4/h10-12,14-19,25,29-30H,13,20-24H2,1-9H3,(H,38,46)(H,39,44)(H,40,45)(H,41,47)/t25-,29+,30+/m1/s1. The van der Waals surface area contributed by atoms with Gasteiger partial charge in [-0.15, -0.1) is 0 Å². The number of benzene rings is 2. The van der Waals surface area contributed by atoms with E-state index < -0.39 is 47.5 Å². The lowest BCUT2D eigenvalue weighted by Crippen LogP contribution is -2.55. The fraction of sp³-hybridized carbons (Fsp3) is 0.541. The normalized spacial score (nSPS) is 13.2. The van der Waals surface area contributed by atoms with Crippen LogP contribution in [0.5, 0.6) is 5.75 Å². The second-order valence-electron chi connectivity index (χ2n) is 14.1. The van der Waals surface area contributed by atoms with Gasteiger partial charge in [-0.1, -0.05) is 42.5 Å². The van der Waals surface area contributed by atoms with Crippen LogP contribution in [0.25, 0.3) is 0 Å². The molecule has 2 aromatic carbocycles. The minimum Gasteiger partial charge on any atom is -0.488 e. The van der Waals surface area contributed by atoms with Crippen LogP contribution in [0, 0.1) is 0 Å².